The van der Waals surface area contributed by atoms with Gasteiger partial charge >= 0.3 is 0 Å². The van der Waals surface area contributed by atoms with Crippen LogP contribution in [0.1, 0.15) is 42.8 Å². The van der Waals surface area contributed by atoms with Gasteiger partial charge in [0, 0.05) is 13.0 Å². The van der Waals surface area contributed by atoms with E-state index >= 15 is 0 Å². The van der Waals surface area contributed by atoms with Gasteiger partial charge in [-0.2, -0.15) is 5.10 Å². The van der Waals surface area contributed by atoms with Gasteiger partial charge < -0.3 is 0 Å². The molecule has 24 heavy (non-hydrogen) atoms. The first kappa shape index (κ1) is 16.6. The van der Waals surface area contributed by atoms with Crippen LogP contribution in [0.3, 0.4) is 0 Å². The molecule has 0 saturated heterocycles. The summed E-state index contributed by atoms with van der Waals surface area (Å²) < 4.78 is 27.8. The lowest BCUT2D eigenvalue weighted by molar-refractivity contribution is 0.0871. The molecule has 1 aromatic carbocycles. The fraction of sp³-hybridized carbons (Fsp3) is 0.438. The number of carbonyl (C=O) groups is 1. The number of rotatable bonds is 3. The molecule has 128 valence electrons. The van der Waals surface area contributed by atoms with Crippen molar-refractivity contribution < 1.29 is 13.2 Å². The summed E-state index contributed by atoms with van der Waals surface area (Å²) in [7, 11) is -3.78. The maximum atomic E-state index is 12.6. The van der Waals surface area contributed by atoms with E-state index in [1.54, 1.807) is 23.7 Å². The second-order valence-corrected chi connectivity index (χ2v) is 8.62. The minimum absolute atomic E-state index is 0.0457. The first-order valence-electron chi connectivity index (χ1n) is 7.71. The zero-order valence-electron chi connectivity index (χ0n) is 14.1. The van der Waals surface area contributed by atoms with Crippen LogP contribution in [0.5, 0.6) is 0 Å². The molecule has 1 amide bonds. The number of aryl methyl sites for hydroxylation is 1. The number of benzene rings is 1. The van der Waals surface area contributed by atoms with Crippen LogP contribution in [0, 0.1) is 6.92 Å². The Morgan fingerprint density at radius 1 is 1.17 bits per heavy atom. The minimum Gasteiger partial charge on any atom is -0.268 e. The Morgan fingerprint density at radius 3 is 2.46 bits per heavy atom. The number of carbonyl (C=O) groups excluding carboxylic acids is 1. The lowest BCUT2D eigenvalue weighted by Crippen LogP contribution is -2.33. The third-order valence-corrected chi connectivity index (χ3v) is 5.71. The van der Waals surface area contributed by atoms with Gasteiger partial charge in [0.2, 0.25) is 0 Å². The van der Waals surface area contributed by atoms with Crippen LogP contribution >= 0.6 is 0 Å². The molecule has 0 fully saturated rings. The third kappa shape index (κ3) is 2.60. The maximum absolute atomic E-state index is 12.6. The molecular formula is C16H20N4O3S. The number of amides is 1. The van der Waals surface area contributed by atoms with E-state index in [1.165, 1.54) is 12.1 Å². The van der Waals surface area contributed by atoms with Crippen molar-refractivity contribution in [1.29, 1.82) is 0 Å². The van der Waals surface area contributed by atoms with E-state index in [0.717, 1.165) is 4.31 Å². The summed E-state index contributed by atoms with van der Waals surface area (Å²) in [6, 6.07) is 6.28. The van der Waals surface area contributed by atoms with Crippen molar-refractivity contribution in [3.63, 3.8) is 0 Å². The molecule has 0 spiro atoms. The van der Waals surface area contributed by atoms with Crippen LogP contribution in [0.4, 0.5) is 0 Å². The average Bonchev–Trinajstić information content (AvgIpc) is 2.95. The summed E-state index contributed by atoms with van der Waals surface area (Å²) in [5.41, 5.74) is -0.0426. The Bertz CT molecular complexity index is 910. The zero-order chi connectivity index (χ0) is 17.7. The normalized spacial score (nSPS) is 16.5. The molecule has 1 aromatic heterocycles. The van der Waals surface area contributed by atoms with Crippen molar-refractivity contribution in [3.05, 3.63) is 41.5 Å². The van der Waals surface area contributed by atoms with Crippen molar-refractivity contribution >= 4 is 15.9 Å². The summed E-state index contributed by atoms with van der Waals surface area (Å²) in [4.78, 5) is 16.9. The monoisotopic (exact) mass is 348 g/mol. The Balaban J connectivity index is 1.88. The van der Waals surface area contributed by atoms with Crippen molar-refractivity contribution in [2.75, 3.05) is 6.54 Å². The SMILES string of the molecule is Cc1nc(CCN2C(=O)c3ccccc3S2(=O)=O)n(C(C)(C)C)n1. The van der Waals surface area contributed by atoms with Crippen molar-refractivity contribution in [3.8, 4) is 0 Å². The van der Waals surface area contributed by atoms with E-state index in [0.29, 0.717) is 18.1 Å². The lowest BCUT2D eigenvalue weighted by atomic mass is 10.1. The molecule has 0 radical (unpaired) electrons. The van der Waals surface area contributed by atoms with Gasteiger partial charge in [-0.05, 0) is 39.8 Å². The standard InChI is InChI=1S/C16H20N4O3S/c1-11-17-14(20(18-11)16(2,3)4)9-10-19-15(21)12-7-5-6-8-13(12)24(19,22)23/h5-8H,9-10H2,1-4H3. The quantitative estimate of drug-likeness (QED) is 0.843. The van der Waals surface area contributed by atoms with Gasteiger partial charge in [0.15, 0.2) is 0 Å². The molecule has 1 aliphatic heterocycles. The fourth-order valence-electron chi connectivity index (χ4n) is 2.81. The molecule has 2 heterocycles. The maximum Gasteiger partial charge on any atom is 0.269 e. The molecule has 8 heteroatoms. The Kier molecular flexibility index (Phi) is 3.75. The first-order chi connectivity index (χ1) is 11.1. The molecule has 1 aliphatic rings. The number of aromatic nitrogens is 3. The number of sulfonamides is 1. The van der Waals surface area contributed by atoms with Crippen LogP contribution in [0.25, 0.3) is 0 Å². The highest BCUT2D eigenvalue weighted by Crippen LogP contribution is 2.30. The molecule has 0 saturated carbocycles. The molecule has 2 aromatic rings. The summed E-state index contributed by atoms with van der Waals surface area (Å²) in [6.07, 6.45) is 0.317. The predicted molar refractivity (Wildman–Crippen MR) is 88.1 cm³/mol. The topological polar surface area (TPSA) is 85.2 Å². The summed E-state index contributed by atoms with van der Waals surface area (Å²) in [5, 5.41) is 4.37. The molecule has 7 nitrogen and oxygen atoms in total. The second-order valence-electron chi connectivity index (χ2n) is 6.79. The van der Waals surface area contributed by atoms with Gasteiger partial charge in [-0.25, -0.2) is 22.4 Å². The van der Waals surface area contributed by atoms with Gasteiger partial charge in [0.1, 0.15) is 16.5 Å². The van der Waals surface area contributed by atoms with Crippen LogP contribution in [-0.2, 0) is 22.0 Å². The Hall–Kier alpha value is -2.22. The predicted octanol–water partition coefficient (Wildman–Crippen LogP) is 1.73. The van der Waals surface area contributed by atoms with Gasteiger partial charge in [-0.3, -0.25) is 4.79 Å². The van der Waals surface area contributed by atoms with Gasteiger partial charge in [-0.1, -0.05) is 12.1 Å². The highest BCUT2D eigenvalue weighted by molar-refractivity contribution is 7.90. The van der Waals surface area contributed by atoms with E-state index < -0.39 is 15.9 Å². The Labute approximate surface area is 141 Å². The van der Waals surface area contributed by atoms with Crippen molar-refractivity contribution in [2.24, 2.45) is 0 Å². The van der Waals surface area contributed by atoms with Gasteiger partial charge in [0.05, 0.1) is 11.1 Å². The number of hydrogen-bond acceptors (Lipinski definition) is 5. The molecule has 0 N–H and O–H groups in total. The van der Waals surface area contributed by atoms with E-state index in [4.69, 9.17) is 0 Å². The third-order valence-electron chi connectivity index (χ3n) is 3.87. The van der Waals surface area contributed by atoms with E-state index in [9.17, 15) is 13.2 Å². The molecule has 0 bridgehead atoms. The van der Waals surface area contributed by atoms with Gasteiger partial charge in [-0.15, -0.1) is 0 Å². The molecule has 3 rings (SSSR count). The summed E-state index contributed by atoms with van der Waals surface area (Å²) >= 11 is 0. The van der Waals surface area contributed by atoms with Crippen LogP contribution in [0.2, 0.25) is 0 Å². The first-order valence-corrected chi connectivity index (χ1v) is 9.15. The van der Waals surface area contributed by atoms with Crippen molar-refractivity contribution in [2.45, 2.75) is 44.6 Å². The fourth-order valence-corrected chi connectivity index (χ4v) is 4.38. The lowest BCUT2D eigenvalue weighted by Gasteiger charge is -2.22. The average molecular weight is 348 g/mol. The van der Waals surface area contributed by atoms with E-state index in [1.807, 2.05) is 20.8 Å². The number of fused-ring (bicyclic) bond motifs is 1. The number of hydrogen-bond donors (Lipinski definition) is 0. The molecular weight excluding hydrogens is 328 g/mol. The highest BCUT2D eigenvalue weighted by Gasteiger charge is 2.40. The second kappa shape index (κ2) is 5.41. The van der Waals surface area contributed by atoms with Crippen LogP contribution in [-0.4, -0.2) is 39.9 Å². The zero-order valence-corrected chi connectivity index (χ0v) is 15.0. The minimum atomic E-state index is -3.78. The van der Waals surface area contributed by atoms with E-state index in [2.05, 4.69) is 10.1 Å². The van der Waals surface area contributed by atoms with Crippen LogP contribution < -0.4 is 0 Å². The van der Waals surface area contributed by atoms with Crippen molar-refractivity contribution in [1.82, 2.24) is 19.1 Å². The molecule has 0 atom stereocenters. The van der Waals surface area contributed by atoms with Gasteiger partial charge in [0.25, 0.3) is 15.9 Å². The largest absolute Gasteiger partial charge is 0.269 e. The summed E-state index contributed by atoms with van der Waals surface area (Å²) in [5.74, 6) is 0.807. The number of nitrogens with zero attached hydrogens (tertiary/aromatic N) is 4. The molecule has 0 aliphatic carbocycles. The summed E-state index contributed by atoms with van der Waals surface area (Å²) in [6.45, 7) is 7.83. The Morgan fingerprint density at radius 2 is 1.83 bits per heavy atom. The molecule has 0 unspecified atom stereocenters. The smallest absolute Gasteiger partial charge is 0.268 e. The van der Waals surface area contributed by atoms with E-state index in [-0.39, 0.29) is 22.5 Å². The van der Waals surface area contributed by atoms with Crippen LogP contribution in [0.15, 0.2) is 29.2 Å². The highest BCUT2D eigenvalue weighted by atomic mass is 32.2.